The van der Waals surface area contributed by atoms with Crippen LogP contribution < -0.4 is 10.5 Å². The van der Waals surface area contributed by atoms with Crippen LogP contribution in [0, 0.1) is 11.3 Å². The van der Waals surface area contributed by atoms with Gasteiger partial charge in [-0.05, 0) is 12.1 Å². The van der Waals surface area contributed by atoms with Gasteiger partial charge in [0.2, 0.25) is 0 Å². The molecular weight excluding hydrogens is 216 g/mol. The number of hydrogen-bond donors (Lipinski definition) is 1. The van der Waals surface area contributed by atoms with Crippen LogP contribution in [0.2, 0.25) is 0 Å². The Labute approximate surface area is 92.2 Å². The number of alkyl halides is 1. The monoisotopic (exact) mass is 224 g/mol. The molecule has 4 nitrogen and oxygen atoms in total. The molecule has 0 saturated heterocycles. The van der Waals surface area contributed by atoms with Crippen LogP contribution in [0.15, 0.2) is 12.1 Å². The van der Waals surface area contributed by atoms with Gasteiger partial charge in [-0.25, -0.2) is 0 Å². The van der Waals surface area contributed by atoms with Crippen molar-refractivity contribution in [1.82, 2.24) is 0 Å². The molecule has 0 aliphatic carbocycles. The molecule has 5 heteroatoms. The lowest BCUT2D eigenvalue weighted by atomic mass is 10.0. The minimum absolute atomic E-state index is 0.131. The molecule has 0 atom stereocenters. The van der Waals surface area contributed by atoms with E-state index in [4.69, 9.17) is 27.3 Å². The molecule has 0 heterocycles. The summed E-state index contributed by atoms with van der Waals surface area (Å²) in [6.45, 7) is 0. The Hall–Kier alpha value is -1.73. The summed E-state index contributed by atoms with van der Waals surface area (Å²) in [4.78, 5) is 11.5. The third-order valence-corrected chi connectivity index (χ3v) is 2.19. The summed E-state index contributed by atoms with van der Waals surface area (Å²) in [6.07, 6.45) is 0. The molecule has 1 rings (SSSR count). The van der Waals surface area contributed by atoms with E-state index in [-0.39, 0.29) is 28.5 Å². The van der Waals surface area contributed by atoms with Crippen LogP contribution in [0.3, 0.4) is 0 Å². The number of carbonyl (C=O) groups excluding carboxylic acids is 1. The first-order valence-corrected chi connectivity index (χ1v) is 4.64. The summed E-state index contributed by atoms with van der Waals surface area (Å²) in [5.41, 5.74) is 6.18. The first-order chi connectivity index (χ1) is 7.15. The zero-order valence-electron chi connectivity index (χ0n) is 8.08. The van der Waals surface area contributed by atoms with E-state index in [9.17, 15) is 4.79 Å². The number of anilines is 1. The van der Waals surface area contributed by atoms with Gasteiger partial charge in [-0.1, -0.05) is 0 Å². The molecule has 1 aromatic rings. The van der Waals surface area contributed by atoms with Crippen molar-refractivity contribution in [2.24, 2.45) is 0 Å². The molecule has 0 spiro atoms. The number of rotatable bonds is 3. The van der Waals surface area contributed by atoms with E-state index in [1.165, 1.54) is 13.2 Å². The van der Waals surface area contributed by atoms with Gasteiger partial charge in [0.15, 0.2) is 5.78 Å². The molecule has 0 fully saturated rings. The van der Waals surface area contributed by atoms with Crippen molar-refractivity contribution in [3.8, 4) is 11.8 Å². The Balaban J connectivity index is 3.44. The van der Waals surface area contributed by atoms with E-state index in [1.807, 2.05) is 6.07 Å². The van der Waals surface area contributed by atoms with Crippen molar-refractivity contribution in [2.75, 3.05) is 18.7 Å². The van der Waals surface area contributed by atoms with Gasteiger partial charge in [-0.2, -0.15) is 5.26 Å². The maximum atomic E-state index is 11.5. The summed E-state index contributed by atoms with van der Waals surface area (Å²) in [6, 6.07) is 4.91. The van der Waals surface area contributed by atoms with E-state index in [0.29, 0.717) is 5.75 Å². The smallest absolute Gasteiger partial charge is 0.181 e. The van der Waals surface area contributed by atoms with Crippen molar-refractivity contribution in [3.63, 3.8) is 0 Å². The largest absolute Gasteiger partial charge is 0.495 e. The predicted molar refractivity (Wildman–Crippen MR) is 57.2 cm³/mol. The lowest BCUT2D eigenvalue weighted by Crippen LogP contribution is -2.09. The van der Waals surface area contributed by atoms with Crippen LogP contribution in [0.25, 0.3) is 0 Å². The Bertz CT molecular complexity index is 438. The second-order valence-electron chi connectivity index (χ2n) is 2.77. The van der Waals surface area contributed by atoms with Gasteiger partial charge in [0, 0.05) is 0 Å². The number of hydrogen-bond acceptors (Lipinski definition) is 4. The number of methoxy groups -OCH3 is 1. The van der Waals surface area contributed by atoms with Crippen molar-refractivity contribution < 1.29 is 9.53 Å². The Morgan fingerprint density at radius 3 is 2.80 bits per heavy atom. The highest BCUT2D eigenvalue weighted by Gasteiger charge is 2.17. The summed E-state index contributed by atoms with van der Waals surface area (Å²) in [7, 11) is 1.44. The van der Waals surface area contributed by atoms with Gasteiger partial charge in [0.1, 0.15) is 5.75 Å². The minimum Gasteiger partial charge on any atom is -0.495 e. The maximum Gasteiger partial charge on any atom is 0.181 e. The predicted octanol–water partition coefficient (Wildman–Crippen LogP) is 1.57. The van der Waals surface area contributed by atoms with Crippen LogP contribution >= 0.6 is 11.6 Å². The third-order valence-electron chi connectivity index (χ3n) is 1.95. The highest BCUT2D eigenvalue weighted by Crippen LogP contribution is 2.28. The summed E-state index contributed by atoms with van der Waals surface area (Å²) >= 11 is 5.43. The number of halogens is 1. The first kappa shape index (κ1) is 11.3. The lowest BCUT2D eigenvalue weighted by molar-refractivity contribution is 0.102. The third kappa shape index (κ3) is 2.03. The van der Waals surface area contributed by atoms with Crippen molar-refractivity contribution in [1.29, 1.82) is 5.26 Å². The van der Waals surface area contributed by atoms with Gasteiger partial charge in [0.05, 0.1) is 35.9 Å². The number of nitriles is 1. The number of nitrogens with two attached hydrogens (primary N) is 1. The lowest BCUT2D eigenvalue weighted by Gasteiger charge is -2.09. The molecule has 0 saturated carbocycles. The Kier molecular flexibility index (Phi) is 3.53. The fourth-order valence-electron chi connectivity index (χ4n) is 1.24. The second kappa shape index (κ2) is 4.67. The molecule has 0 amide bonds. The highest BCUT2D eigenvalue weighted by molar-refractivity contribution is 6.31. The van der Waals surface area contributed by atoms with Gasteiger partial charge in [0.25, 0.3) is 0 Å². The molecule has 2 N–H and O–H groups in total. The SMILES string of the molecule is COc1ccc(C#N)c(C(=O)CCl)c1N. The van der Waals surface area contributed by atoms with Crippen molar-refractivity contribution in [3.05, 3.63) is 23.3 Å². The first-order valence-electron chi connectivity index (χ1n) is 4.11. The number of benzene rings is 1. The quantitative estimate of drug-likeness (QED) is 0.480. The van der Waals surface area contributed by atoms with E-state index in [0.717, 1.165) is 0 Å². The number of carbonyl (C=O) groups is 1. The average molecular weight is 225 g/mol. The topological polar surface area (TPSA) is 76.1 Å². The zero-order valence-corrected chi connectivity index (χ0v) is 8.84. The molecule has 0 aliphatic heterocycles. The van der Waals surface area contributed by atoms with Crippen LogP contribution in [-0.2, 0) is 0 Å². The normalized spacial score (nSPS) is 9.40. The Morgan fingerprint density at radius 1 is 1.67 bits per heavy atom. The number of ether oxygens (including phenoxy) is 1. The standard InChI is InChI=1S/C10H9ClN2O2/c1-15-8-3-2-6(5-12)9(10(8)13)7(14)4-11/h2-3H,4,13H2,1H3. The molecule has 0 radical (unpaired) electrons. The van der Waals surface area contributed by atoms with E-state index in [1.54, 1.807) is 6.07 Å². The van der Waals surface area contributed by atoms with Crippen molar-refractivity contribution in [2.45, 2.75) is 0 Å². The number of nitrogen functional groups attached to an aromatic ring is 1. The molecular formula is C10H9ClN2O2. The molecule has 0 aliphatic rings. The second-order valence-corrected chi connectivity index (χ2v) is 3.04. The van der Waals surface area contributed by atoms with Crippen LogP contribution in [-0.4, -0.2) is 18.8 Å². The van der Waals surface area contributed by atoms with Crippen molar-refractivity contribution >= 4 is 23.1 Å². The number of Topliss-reactive ketones (excluding diaryl/α,β-unsaturated/α-hetero) is 1. The molecule has 15 heavy (non-hydrogen) atoms. The fraction of sp³-hybridized carbons (Fsp3) is 0.200. The van der Waals surface area contributed by atoms with Crippen LogP contribution in [0.4, 0.5) is 5.69 Å². The van der Waals surface area contributed by atoms with Gasteiger partial charge < -0.3 is 10.5 Å². The van der Waals surface area contributed by atoms with Crippen LogP contribution in [0.1, 0.15) is 15.9 Å². The number of nitrogens with zero attached hydrogens (tertiary/aromatic N) is 1. The molecule has 0 aromatic heterocycles. The molecule has 78 valence electrons. The molecule has 1 aromatic carbocycles. The van der Waals surface area contributed by atoms with Gasteiger partial charge in [-0.3, -0.25) is 4.79 Å². The van der Waals surface area contributed by atoms with E-state index < -0.39 is 0 Å². The van der Waals surface area contributed by atoms with Gasteiger partial charge >= 0.3 is 0 Å². The minimum atomic E-state index is -0.385. The van der Waals surface area contributed by atoms with Crippen LogP contribution in [0.5, 0.6) is 5.75 Å². The summed E-state index contributed by atoms with van der Waals surface area (Å²) in [5.74, 6) is -0.237. The maximum absolute atomic E-state index is 11.5. The molecule has 0 bridgehead atoms. The van der Waals surface area contributed by atoms with E-state index in [2.05, 4.69) is 0 Å². The highest BCUT2D eigenvalue weighted by atomic mass is 35.5. The average Bonchev–Trinajstić information content (AvgIpc) is 2.27. The summed E-state index contributed by atoms with van der Waals surface area (Å²) < 4.78 is 4.95. The zero-order chi connectivity index (χ0) is 11.4. The number of ketones is 1. The van der Waals surface area contributed by atoms with Gasteiger partial charge in [-0.15, -0.1) is 11.6 Å². The Morgan fingerprint density at radius 2 is 2.33 bits per heavy atom. The molecule has 0 unspecified atom stereocenters. The fourth-order valence-corrected chi connectivity index (χ4v) is 1.37. The van der Waals surface area contributed by atoms with E-state index >= 15 is 0 Å². The summed E-state index contributed by atoms with van der Waals surface area (Å²) in [5, 5.41) is 8.81.